The summed E-state index contributed by atoms with van der Waals surface area (Å²) in [6.07, 6.45) is -5.01. The van der Waals surface area contributed by atoms with Gasteiger partial charge in [-0.15, -0.1) is 0 Å². The van der Waals surface area contributed by atoms with E-state index in [-0.39, 0.29) is 0 Å². The van der Waals surface area contributed by atoms with Crippen LogP contribution in [-0.4, -0.2) is 0 Å². The standard InChI is InChI=1S/C49H40F3P3/c50-40-23-16-32-46(35-40)55(47-33-17-24-41(51)36-47,48-34-18-25-42(52)37-48,49(53,38-19-6-1-7-20-38)39-21-8-2-9-22-39)54(43-26-10-3-11-27-43,44-28-12-4-13-29-44)45-30-14-5-15-31-45/h1-37,54H,53H2. The molecule has 0 heterocycles. The second-order valence-corrected chi connectivity index (χ2v) is 27.6. The van der Waals surface area contributed by atoms with Crippen molar-refractivity contribution in [2.75, 3.05) is 0 Å². The summed E-state index contributed by atoms with van der Waals surface area (Å²) in [7, 11) is 3.35. The fourth-order valence-corrected chi connectivity index (χ4v) is 38.1. The first-order chi connectivity index (χ1) is 26.9. The van der Waals surface area contributed by atoms with Gasteiger partial charge in [-0.05, 0) is 0 Å². The predicted octanol–water partition coefficient (Wildman–Crippen LogP) is 10.4. The molecule has 0 aliphatic heterocycles. The summed E-state index contributed by atoms with van der Waals surface area (Å²) in [5.74, 6) is -1.32. The molecule has 0 bridgehead atoms. The van der Waals surface area contributed by atoms with Crippen LogP contribution in [0.1, 0.15) is 11.1 Å². The van der Waals surface area contributed by atoms with Gasteiger partial charge in [0.15, 0.2) is 0 Å². The third kappa shape index (κ3) is 5.25. The topological polar surface area (TPSA) is 0 Å². The van der Waals surface area contributed by atoms with E-state index in [1.807, 2.05) is 109 Å². The average molecular weight is 779 g/mol. The Kier molecular flexibility index (Phi) is 9.92. The van der Waals surface area contributed by atoms with Gasteiger partial charge in [0.2, 0.25) is 0 Å². The summed E-state index contributed by atoms with van der Waals surface area (Å²) in [4.78, 5) is -1.21. The molecule has 1 unspecified atom stereocenters. The van der Waals surface area contributed by atoms with Gasteiger partial charge in [0.25, 0.3) is 0 Å². The molecule has 0 saturated heterocycles. The summed E-state index contributed by atoms with van der Waals surface area (Å²) in [6, 6.07) is 72.4. The van der Waals surface area contributed by atoms with E-state index in [9.17, 15) is 0 Å². The Labute approximate surface area is 324 Å². The molecule has 0 N–H and O–H groups in total. The Bertz CT molecular complexity index is 2300. The molecule has 0 radical (unpaired) electrons. The second-order valence-electron chi connectivity index (χ2n) is 13.9. The van der Waals surface area contributed by atoms with Crippen molar-refractivity contribution in [3.05, 3.63) is 253 Å². The molecule has 0 saturated carbocycles. The van der Waals surface area contributed by atoms with E-state index in [4.69, 9.17) is 0 Å². The van der Waals surface area contributed by atoms with E-state index in [2.05, 4.69) is 69.9 Å². The van der Waals surface area contributed by atoms with E-state index in [0.717, 1.165) is 27.0 Å². The Hall–Kier alpha value is -5.16. The van der Waals surface area contributed by atoms with Crippen LogP contribution < -0.4 is 31.8 Å². The minimum atomic E-state index is -5.01. The molecule has 0 amide bonds. The normalized spacial score (nSPS) is 13.1. The number of hydrogen-bond donors (Lipinski definition) is 0. The summed E-state index contributed by atoms with van der Waals surface area (Å²) in [5, 5.41) is 5.07. The molecule has 8 rings (SSSR count). The fourth-order valence-electron chi connectivity index (χ4n) is 9.55. The second kappa shape index (κ2) is 14.8. The zero-order chi connectivity index (χ0) is 38.0. The van der Waals surface area contributed by atoms with Crippen molar-refractivity contribution >= 4 is 54.3 Å². The first-order valence-electron chi connectivity index (χ1n) is 18.2. The van der Waals surface area contributed by atoms with Gasteiger partial charge in [-0.3, -0.25) is 0 Å². The third-order valence-electron chi connectivity index (χ3n) is 11.4. The van der Waals surface area contributed by atoms with Crippen LogP contribution in [0.4, 0.5) is 13.2 Å². The number of rotatable bonds is 10. The van der Waals surface area contributed by atoms with Gasteiger partial charge in [0.1, 0.15) is 0 Å². The van der Waals surface area contributed by atoms with Crippen molar-refractivity contribution in [1.29, 1.82) is 0 Å². The molecule has 0 fully saturated rings. The fraction of sp³-hybridized carbons (Fsp3) is 0.0204. The number of benzene rings is 8. The maximum absolute atomic E-state index is 16.7. The van der Waals surface area contributed by atoms with E-state index >= 15 is 13.2 Å². The van der Waals surface area contributed by atoms with Crippen LogP contribution in [0.5, 0.6) is 0 Å². The molecular formula is C49H40F3P3. The first-order valence-corrected chi connectivity index (χ1v) is 23.9. The molecule has 0 aromatic heterocycles. The van der Waals surface area contributed by atoms with Crippen molar-refractivity contribution in [2.45, 2.75) is 4.90 Å². The summed E-state index contributed by atoms with van der Waals surface area (Å²) < 4.78 is 50.2. The molecule has 0 spiro atoms. The van der Waals surface area contributed by atoms with Crippen molar-refractivity contribution in [3.8, 4) is 0 Å². The molecule has 6 heteroatoms. The average Bonchev–Trinajstić information content (AvgIpc) is 3.24. The minimum absolute atomic E-state index is 0.440. The Balaban J connectivity index is 1.90. The molecule has 0 aliphatic rings. The van der Waals surface area contributed by atoms with E-state index in [1.165, 1.54) is 18.2 Å². The van der Waals surface area contributed by atoms with Crippen molar-refractivity contribution in [1.82, 2.24) is 0 Å². The van der Waals surface area contributed by atoms with Crippen LogP contribution in [0.2, 0.25) is 0 Å². The SMILES string of the molecule is Fc1cccc(P(c2cccc(F)c2)(c2cccc(F)c2)(C(P)(c2ccccc2)c2ccccc2)[PH](c2ccccc2)(c2ccccc2)c2ccccc2)c1. The van der Waals surface area contributed by atoms with Crippen LogP contribution >= 0.6 is 22.5 Å². The summed E-state index contributed by atoms with van der Waals surface area (Å²) >= 11 is 0. The molecule has 272 valence electrons. The molecule has 1 atom stereocenters. The van der Waals surface area contributed by atoms with E-state index < -0.39 is 35.6 Å². The van der Waals surface area contributed by atoms with Gasteiger partial charge in [-0.25, -0.2) is 0 Å². The molecular weight excluding hydrogens is 738 g/mol. The van der Waals surface area contributed by atoms with Gasteiger partial charge in [-0.1, -0.05) is 0 Å². The maximum atomic E-state index is 16.7. The zero-order valence-corrected chi connectivity index (χ0v) is 33.1. The zero-order valence-electron chi connectivity index (χ0n) is 30.0. The first kappa shape index (κ1) is 36.8. The van der Waals surface area contributed by atoms with E-state index in [0.29, 0.717) is 15.9 Å². The van der Waals surface area contributed by atoms with Gasteiger partial charge in [0.05, 0.1) is 0 Å². The van der Waals surface area contributed by atoms with Crippen LogP contribution in [0.15, 0.2) is 224 Å². The Morgan fingerprint density at radius 3 is 0.891 bits per heavy atom. The molecule has 8 aromatic rings. The third-order valence-corrected chi connectivity index (χ3v) is 34.8. The quantitative estimate of drug-likeness (QED) is 0.121. The van der Waals surface area contributed by atoms with Crippen molar-refractivity contribution < 1.29 is 13.2 Å². The monoisotopic (exact) mass is 778 g/mol. The molecule has 0 aliphatic carbocycles. The Morgan fingerprint density at radius 2 is 0.618 bits per heavy atom. The van der Waals surface area contributed by atoms with Crippen LogP contribution in [0.3, 0.4) is 0 Å². The van der Waals surface area contributed by atoms with Gasteiger partial charge < -0.3 is 0 Å². The summed E-state index contributed by atoms with van der Waals surface area (Å²) in [6.45, 7) is -4.04. The van der Waals surface area contributed by atoms with Gasteiger partial charge in [-0.2, -0.15) is 0 Å². The molecule has 55 heavy (non-hydrogen) atoms. The van der Waals surface area contributed by atoms with Crippen LogP contribution in [-0.2, 0) is 4.90 Å². The predicted molar refractivity (Wildman–Crippen MR) is 235 cm³/mol. The molecule has 8 aromatic carbocycles. The number of halogens is 3. The van der Waals surface area contributed by atoms with E-state index in [1.54, 1.807) is 36.4 Å². The van der Waals surface area contributed by atoms with Gasteiger partial charge in [0, 0.05) is 0 Å². The summed E-state index contributed by atoms with van der Waals surface area (Å²) in [5.41, 5.74) is 1.81. The van der Waals surface area contributed by atoms with Crippen molar-refractivity contribution in [2.24, 2.45) is 0 Å². The number of hydrogen-bond acceptors (Lipinski definition) is 0. The molecule has 0 nitrogen and oxygen atoms in total. The van der Waals surface area contributed by atoms with Crippen molar-refractivity contribution in [3.63, 3.8) is 0 Å². The van der Waals surface area contributed by atoms with Crippen LogP contribution in [0.25, 0.3) is 0 Å². The van der Waals surface area contributed by atoms with Gasteiger partial charge >= 0.3 is 325 Å². The van der Waals surface area contributed by atoms with Crippen LogP contribution in [0, 0.1) is 17.5 Å². The Morgan fingerprint density at radius 1 is 0.345 bits per heavy atom.